The number of amides is 2. The van der Waals surface area contributed by atoms with Gasteiger partial charge in [-0.1, -0.05) is 29.5 Å². The number of nitrogens with zero attached hydrogens (tertiary/aromatic N) is 3. The lowest BCUT2D eigenvalue weighted by Gasteiger charge is -2.17. The van der Waals surface area contributed by atoms with Crippen LogP contribution in [-0.2, 0) is 19.9 Å². The van der Waals surface area contributed by atoms with E-state index >= 15 is 0 Å². The minimum atomic E-state index is -0.204. The van der Waals surface area contributed by atoms with Crippen LogP contribution in [0.1, 0.15) is 24.0 Å². The molecular weight excluding hydrogens is 266 g/mol. The van der Waals surface area contributed by atoms with Gasteiger partial charge >= 0.3 is 6.03 Å². The third-order valence-corrected chi connectivity index (χ3v) is 3.87. The van der Waals surface area contributed by atoms with Crippen molar-refractivity contribution in [3.05, 3.63) is 41.6 Å². The van der Waals surface area contributed by atoms with Crippen molar-refractivity contribution >= 4 is 11.8 Å². The molecule has 0 radical (unpaired) electrons. The SMILES string of the molecule is Cn1nncc1NC(=O)NC1CCCc2ccccc2C1. The average Bonchev–Trinajstić information content (AvgIpc) is 2.75. The Labute approximate surface area is 123 Å². The topological polar surface area (TPSA) is 71.8 Å². The fraction of sp³-hybridized carbons (Fsp3) is 0.400. The van der Waals surface area contributed by atoms with Crippen molar-refractivity contribution in [2.24, 2.45) is 7.05 Å². The van der Waals surface area contributed by atoms with Crippen LogP contribution in [0, 0.1) is 0 Å². The van der Waals surface area contributed by atoms with Gasteiger partial charge in [-0.25, -0.2) is 9.48 Å². The highest BCUT2D eigenvalue weighted by atomic mass is 16.2. The van der Waals surface area contributed by atoms with Crippen LogP contribution in [0.3, 0.4) is 0 Å². The van der Waals surface area contributed by atoms with E-state index in [9.17, 15) is 4.79 Å². The summed E-state index contributed by atoms with van der Waals surface area (Å²) in [5, 5.41) is 13.3. The van der Waals surface area contributed by atoms with Gasteiger partial charge in [0.05, 0.1) is 6.20 Å². The van der Waals surface area contributed by atoms with Crippen LogP contribution in [0.25, 0.3) is 0 Å². The van der Waals surface area contributed by atoms with E-state index in [1.165, 1.54) is 22.0 Å². The Morgan fingerprint density at radius 2 is 2.14 bits per heavy atom. The van der Waals surface area contributed by atoms with E-state index < -0.39 is 0 Å². The number of aromatic nitrogens is 3. The van der Waals surface area contributed by atoms with Gasteiger partial charge in [-0.15, -0.1) is 5.10 Å². The zero-order valence-electron chi connectivity index (χ0n) is 12.0. The molecule has 3 rings (SSSR count). The van der Waals surface area contributed by atoms with Crippen LogP contribution in [-0.4, -0.2) is 27.1 Å². The zero-order valence-corrected chi connectivity index (χ0v) is 12.0. The van der Waals surface area contributed by atoms with Crippen LogP contribution in [0.2, 0.25) is 0 Å². The van der Waals surface area contributed by atoms with E-state index in [-0.39, 0.29) is 12.1 Å². The smallest absolute Gasteiger partial charge is 0.320 e. The highest BCUT2D eigenvalue weighted by Crippen LogP contribution is 2.20. The van der Waals surface area contributed by atoms with E-state index in [2.05, 4.69) is 45.2 Å². The Kier molecular flexibility index (Phi) is 3.85. The van der Waals surface area contributed by atoms with E-state index in [1.54, 1.807) is 7.05 Å². The minimum Gasteiger partial charge on any atom is -0.335 e. The fourth-order valence-corrected chi connectivity index (χ4v) is 2.77. The fourth-order valence-electron chi connectivity index (χ4n) is 2.77. The Balaban J connectivity index is 1.63. The molecule has 0 fully saturated rings. The van der Waals surface area contributed by atoms with Gasteiger partial charge < -0.3 is 5.32 Å². The second-order valence-corrected chi connectivity index (χ2v) is 5.40. The van der Waals surface area contributed by atoms with Crippen molar-refractivity contribution in [2.45, 2.75) is 31.7 Å². The Bertz CT molecular complexity index is 636. The molecule has 21 heavy (non-hydrogen) atoms. The van der Waals surface area contributed by atoms with E-state index in [0.29, 0.717) is 5.82 Å². The van der Waals surface area contributed by atoms with Gasteiger partial charge in [-0.2, -0.15) is 0 Å². The summed E-state index contributed by atoms with van der Waals surface area (Å²) in [5.41, 5.74) is 2.74. The lowest BCUT2D eigenvalue weighted by Crippen LogP contribution is -2.39. The quantitative estimate of drug-likeness (QED) is 0.828. The van der Waals surface area contributed by atoms with Crippen molar-refractivity contribution in [2.75, 3.05) is 5.32 Å². The molecule has 1 aliphatic carbocycles. The maximum absolute atomic E-state index is 12.1. The van der Waals surface area contributed by atoms with Gasteiger partial charge in [0.2, 0.25) is 0 Å². The predicted molar refractivity (Wildman–Crippen MR) is 80.0 cm³/mol. The monoisotopic (exact) mass is 285 g/mol. The maximum atomic E-state index is 12.1. The van der Waals surface area contributed by atoms with Gasteiger partial charge in [0.1, 0.15) is 0 Å². The number of urea groups is 1. The molecule has 0 aliphatic heterocycles. The molecule has 0 saturated heterocycles. The molecular formula is C15H19N5O. The molecule has 1 aliphatic rings. The Hall–Kier alpha value is -2.37. The van der Waals surface area contributed by atoms with Crippen LogP contribution in [0.15, 0.2) is 30.5 Å². The van der Waals surface area contributed by atoms with Crippen molar-refractivity contribution < 1.29 is 4.79 Å². The average molecular weight is 285 g/mol. The van der Waals surface area contributed by atoms with E-state index in [4.69, 9.17) is 0 Å². The summed E-state index contributed by atoms with van der Waals surface area (Å²) in [6.45, 7) is 0. The molecule has 2 amide bonds. The zero-order chi connectivity index (χ0) is 14.7. The predicted octanol–water partition coefficient (Wildman–Crippen LogP) is 1.88. The third-order valence-electron chi connectivity index (χ3n) is 3.87. The third kappa shape index (κ3) is 3.21. The molecule has 0 bridgehead atoms. The van der Waals surface area contributed by atoms with Crippen molar-refractivity contribution in [3.8, 4) is 0 Å². The number of carbonyl (C=O) groups excluding carboxylic acids is 1. The molecule has 0 spiro atoms. The first-order valence-electron chi connectivity index (χ1n) is 7.21. The number of hydrogen-bond acceptors (Lipinski definition) is 3. The van der Waals surface area contributed by atoms with Gasteiger partial charge in [0, 0.05) is 13.1 Å². The highest BCUT2D eigenvalue weighted by Gasteiger charge is 2.18. The summed E-state index contributed by atoms with van der Waals surface area (Å²) in [5.74, 6) is 0.585. The molecule has 0 saturated carbocycles. The largest absolute Gasteiger partial charge is 0.335 e. The number of fused-ring (bicyclic) bond motifs is 1. The molecule has 2 N–H and O–H groups in total. The number of carbonyl (C=O) groups is 1. The molecule has 6 nitrogen and oxygen atoms in total. The molecule has 1 aromatic carbocycles. The molecule has 1 aromatic heterocycles. The summed E-state index contributed by atoms with van der Waals surface area (Å²) >= 11 is 0. The maximum Gasteiger partial charge on any atom is 0.320 e. The first kappa shape index (κ1) is 13.6. The molecule has 1 unspecified atom stereocenters. The molecule has 2 aromatic rings. The number of anilines is 1. The van der Waals surface area contributed by atoms with Gasteiger partial charge in [-0.3, -0.25) is 5.32 Å². The lowest BCUT2D eigenvalue weighted by atomic mass is 10.0. The number of aryl methyl sites for hydroxylation is 2. The minimum absolute atomic E-state index is 0.162. The normalized spacial score (nSPS) is 17.7. The van der Waals surface area contributed by atoms with Gasteiger partial charge in [0.25, 0.3) is 0 Å². The molecule has 110 valence electrons. The lowest BCUT2D eigenvalue weighted by molar-refractivity contribution is 0.247. The van der Waals surface area contributed by atoms with E-state index in [1.807, 2.05) is 0 Å². The summed E-state index contributed by atoms with van der Waals surface area (Å²) in [6.07, 6.45) is 5.58. The van der Waals surface area contributed by atoms with Crippen molar-refractivity contribution in [1.29, 1.82) is 0 Å². The number of benzene rings is 1. The Morgan fingerprint density at radius 1 is 1.33 bits per heavy atom. The first-order valence-corrected chi connectivity index (χ1v) is 7.21. The summed E-state index contributed by atoms with van der Waals surface area (Å²) < 4.78 is 1.53. The standard InChI is InChI=1S/C15H19N5O/c1-20-14(10-16-19-20)18-15(21)17-13-8-4-7-11-5-2-3-6-12(11)9-13/h2-3,5-6,10,13H,4,7-9H2,1H3,(H2,17,18,21). The second-order valence-electron chi connectivity index (χ2n) is 5.40. The summed E-state index contributed by atoms with van der Waals surface area (Å²) in [7, 11) is 1.74. The van der Waals surface area contributed by atoms with Gasteiger partial charge in [-0.05, 0) is 36.8 Å². The Morgan fingerprint density at radius 3 is 2.90 bits per heavy atom. The molecule has 1 atom stereocenters. The van der Waals surface area contributed by atoms with Crippen molar-refractivity contribution in [3.63, 3.8) is 0 Å². The number of hydrogen-bond donors (Lipinski definition) is 2. The molecule has 6 heteroatoms. The van der Waals surface area contributed by atoms with Crippen LogP contribution in [0.5, 0.6) is 0 Å². The van der Waals surface area contributed by atoms with E-state index in [0.717, 1.165) is 25.7 Å². The second kappa shape index (κ2) is 5.95. The number of rotatable bonds is 2. The molecule has 1 heterocycles. The van der Waals surface area contributed by atoms with Crippen LogP contribution < -0.4 is 10.6 Å². The number of nitrogens with one attached hydrogen (secondary N) is 2. The van der Waals surface area contributed by atoms with Gasteiger partial charge in [0.15, 0.2) is 5.82 Å². The van der Waals surface area contributed by atoms with Crippen LogP contribution in [0.4, 0.5) is 10.6 Å². The highest BCUT2D eigenvalue weighted by molar-refractivity contribution is 5.88. The van der Waals surface area contributed by atoms with Crippen LogP contribution >= 0.6 is 0 Å². The summed E-state index contributed by atoms with van der Waals surface area (Å²) in [4.78, 5) is 12.1. The summed E-state index contributed by atoms with van der Waals surface area (Å²) in [6, 6.07) is 8.42. The first-order chi connectivity index (χ1) is 10.2. The van der Waals surface area contributed by atoms with Crippen molar-refractivity contribution in [1.82, 2.24) is 20.3 Å².